The van der Waals surface area contributed by atoms with Gasteiger partial charge in [0, 0.05) is 26.8 Å². The van der Waals surface area contributed by atoms with Gasteiger partial charge in [-0.15, -0.1) is 0 Å². The summed E-state index contributed by atoms with van der Waals surface area (Å²) in [7, 11) is 3.48. The van der Waals surface area contributed by atoms with E-state index in [9.17, 15) is 0 Å². The summed E-state index contributed by atoms with van der Waals surface area (Å²) in [5.41, 5.74) is 5.52. The van der Waals surface area contributed by atoms with Crippen LogP contribution >= 0.6 is 0 Å². The van der Waals surface area contributed by atoms with Crippen LogP contribution in [-0.4, -0.2) is 45.6 Å². The third-order valence-electron chi connectivity index (χ3n) is 2.92. The highest BCUT2D eigenvalue weighted by atomic mass is 16.5. The van der Waals surface area contributed by atoms with Gasteiger partial charge < -0.3 is 20.5 Å². The Bertz CT molecular complexity index is 145. The molecule has 0 bridgehead atoms. The first-order valence-corrected chi connectivity index (χ1v) is 5.29. The monoisotopic (exact) mass is 202 g/mol. The number of ether oxygens (including phenoxy) is 2. The Kier molecular flexibility index (Phi) is 5.40. The zero-order chi connectivity index (χ0) is 10.4. The fraction of sp³-hybridized carbons (Fsp3) is 1.00. The van der Waals surface area contributed by atoms with E-state index in [2.05, 4.69) is 5.32 Å². The third-order valence-corrected chi connectivity index (χ3v) is 2.92. The van der Waals surface area contributed by atoms with Gasteiger partial charge in [0.1, 0.15) is 0 Å². The summed E-state index contributed by atoms with van der Waals surface area (Å²) in [5.74, 6) is 0. The molecule has 1 saturated carbocycles. The lowest BCUT2D eigenvalue weighted by Gasteiger charge is -2.35. The highest BCUT2D eigenvalue weighted by molar-refractivity contribution is 4.85. The van der Waals surface area contributed by atoms with E-state index < -0.39 is 0 Å². The average molecular weight is 202 g/mol. The van der Waals surface area contributed by atoms with Crippen molar-refractivity contribution in [1.82, 2.24) is 5.32 Å². The molecule has 0 saturated heterocycles. The van der Waals surface area contributed by atoms with E-state index in [-0.39, 0.29) is 6.10 Å². The maximum absolute atomic E-state index is 5.52. The Morgan fingerprint density at radius 1 is 1.43 bits per heavy atom. The first-order valence-electron chi connectivity index (χ1n) is 5.29. The van der Waals surface area contributed by atoms with Crippen LogP contribution in [0.1, 0.15) is 19.3 Å². The number of nitrogens with two attached hydrogens (primary N) is 1. The molecule has 0 heterocycles. The number of nitrogens with one attached hydrogen (secondary N) is 1. The summed E-state index contributed by atoms with van der Waals surface area (Å²) in [4.78, 5) is 0. The summed E-state index contributed by atoms with van der Waals surface area (Å²) in [6.07, 6.45) is 3.93. The highest BCUT2D eigenvalue weighted by Crippen LogP contribution is 2.22. The van der Waals surface area contributed by atoms with Crippen LogP contribution in [0.5, 0.6) is 0 Å². The number of hydrogen-bond donors (Lipinski definition) is 2. The van der Waals surface area contributed by atoms with E-state index in [1.54, 1.807) is 14.2 Å². The largest absolute Gasteiger partial charge is 0.381 e. The summed E-state index contributed by atoms with van der Waals surface area (Å²) in [6.45, 7) is 1.58. The molecule has 0 aliphatic heterocycles. The van der Waals surface area contributed by atoms with Crippen molar-refractivity contribution < 1.29 is 9.47 Å². The van der Waals surface area contributed by atoms with Crippen molar-refractivity contribution in [1.29, 1.82) is 0 Å². The Morgan fingerprint density at radius 2 is 2.14 bits per heavy atom. The van der Waals surface area contributed by atoms with Gasteiger partial charge in [-0.25, -0.2) is 0 Å². The first kappa shape index (κ1) is 11.9. The fourth-order valence-electron chi connectivity index (χ4n) is 1.71. The zero-order valence-corrected chi connectivity index (χ0v) is 9.16. The standard InChI is InChI=1S/C10H22N2O2/c1-13-9(7-11)3-4-12-8-5-10(6-8)14-2/h8-10,12H,3-7,11H2,1-2H3. The Morgan fingerprint density at radius 3 is 2.64 bits per heavy atom. The molecule has 1 fully saturated rings. The molecule has 1 unspecified atom stereocenters. The van der Waals surface area contributed by atoms with Crippen molar-refractivity contribution in [3.05, 3.63) is 0 Å². The van der Waals surface area contributed by atoms with Gasteiger partial charge in [0.25, 0.3) is 0 Å². The van der Waals surface area contributed by atoms with Crippen molar-refractivity contribution in [3.8, 4) is 0 Å². The molecule has 84 valence electrons. The van der Waals surface area contributed by atoms with Crippen LogP contribution in [0.15, 0.2) is 0 Å². The fourth-order valence-corrected chi connectivity index (χ4v) is 1.71. The van der Waals surface area contributed by atoms with Crippen molar-refractivity contribution in [2.24, 2.45) is 5.73 Å². The predicted molar refractivity (Wildman–Crippen MR) is 56.3 cm³/mol. The molecule has 1 aliphatic carbocycles. The van der Waals surface area contributed by atoms with E-state index in [1.807, 2.05) is 0 Å². The van der Waals surface area contributed by atoms with Crippen LogP contribution in [0.25, 0.3) is 0 Å². The first-order chi connectivity index (χ1) is 6.80. The Hall–Kier alpha value is -0.160. The minimum absolute atomic E-state index is 0.195. The summed E-state index contributed by atoms with van der Waals surface area (Å²) in [5, 5.41) is 3.47. The van der Waals surface area contributed by atoms with Gasteiger partial charge in [0.05, 0.1) is 12.2 Å². The topological polar surface area (TPSA) is 56.5 Å². The lowest BCUT2D eigenvalue weighted by atomic mass is 9.89. The lowest BCUT2D eigenvalue weighted by Crippen LogP contribution is -2.46. The molecule has 4 heteroatoms. The molecule has 1 aliphatic rings. The maximum atomic E-state index is 5.52. The summed E-state index contributed by atoms with van der Waals surface area (Å²) >= 11 is 0. The van der Waals surface area contributed by atoms with E-state index in [0.29, 0.717) is 18.7 Å². The van der Waals surface area contributed by atoms with Gasteiger partial charge in [0.15, 0.2) is 0 Å². The average Bonchev–Trinajstić information content (AvgIpc) is 2.15. The van der Waals surface area contributed by atoms with Gasteiger partial charge in [-0.1, -0.05) is 0 Å². The lowest BCUT2D eigenvalue weighted by molar-refractivity contribution is 0.0159. The van der Waals surface area contributed by atoms with E-state index in [0.717, 1.165) is 25.8 Å². The smallest absolute Gasteiger partial charge is 0.0705 e. The van der Waals surface area contributed by atoms with Gasteiger partial charge in [-0.3, -0.25) is 0 Å². The molecule has 0 amide bonds. The van der Waals surface area contributed by atoms with E-state index >= 15 is 0 Å². The minimum Gasteiger partial charge on any atom is -0.381 e. The highest BCUT2D eigenvalue weighted by Gasteiger charge is 2.28. The molecular weight excluding hydrogens is 180 g/mol. The van der Waals surface area contributed by atoms with E-state index in [4.69, 9.17) is 15.2 Å². The van der Waals surface area contributed by atoms with Crippen LogP contribution in [0, 0.1) is 0 Å². The van der Waals surface area contributed by atoms with Gasteiger partial charge >= 0.3 is 0 Å². The van der Waals surface area contributed by atoms with Crippen LogP contribution < -0.4 is 11.1 Å². The van der Waals surface area contributed by atoms with Crippen molar-refractivity contribution in [2.75, 3.05) is 27.3 Å². The molecular formula is C10H22N2O2. The van der Waals surface area contributed by atoms with Gasteiger partial charge in [-0.05, 0) is 25.8 Å². The number of hydrogen-bond acceptors (Lipinski definition) is 4. The Labute approximate surface area is 86.1 Å². The van der Waals surface area contributed by atoms with Crippen LogP contribution in [0.4, 0.5) is 0 Å². The van der Waals surface area contributed by atoms with Gasteiger partial charge in [-0.2, -0.15) is 0 Å². The van der Waals surface area contributed by atoms with Crippen molar-refractivity contribution >= 4 is 0 Å². The molecule has 3 N–H and O–H groups in total. The molecule has 0 spiro atoms. The number of methoxy groups -OCH3 is 2. The molecule has 1 rings (SSSR count). The van der Waals surface area contributed by atoms with Crippen LogP contribution in [-0.2, 0) is 9.47 Å². The summed E-state index contributed by atoms with van der Waals surface area (Å²) in [6, 6.07) is 0.634. The maximum Gasteiger partial charge on any atom is 0.0705 e. The molecule has 0 aromatic carbocycles. The summed E-state index contributed by atoms with van der Waals surface area (Å²) < 4.78 is 10.4. The number of rotatable bonds is 7. The minimum atomic E-state index is 0.195. The molecule has 0 aromatic heterocycles. The second-order valence-corrected chi connectivity index (χ2v) is 3.86. The molecule has 4 nitrogen and oxygen atoms in total. The Balaban J connectivity index is 1.94. The molecule has 14 heavy (non-hydrogen) atoms. The second kappa shape index (κ2) is 6.35. The molecule has 1 atom stereocenters. The molecule has 0 aromatic rings. The predicted octanol–water partition coefficient (Wildman–Crippen LogP) is 0.117. The van der Waals surface area contributed by atoms with Crippen LogP contribution in [0.3, 0.4) is 0 Å². The van der Waals surface area contributed by atoms with E-state index in [1.165, 1.54) is 0 Å². The van der Waals surface area contributed by atoms with Gasteiger partial charge in [0.2, 0.25) is 0 Å². The quantitative estimate of drug-likeness (QED) is 0.615. The SMILES string of the molecule is COC(CN)CCNC1CC(OC)C1. The molecule has 0 radical (unpaired) electrons. The second-order valence-electron chi connectivity index (χ2n) is 3.86. The third kappa shape index (κ3) is 3.53. The normalized spacial score (nSPS) is 28.5. The van der Waals surface area contributed by atoms with Crippen LogP contribution in [0.2, 0.25) is 0 Å². The zero-order valence-electron chi connectivity index (χ0n) is 9.16. The van der Waals surface area contributed by atoms with Crippen molar-refractivity contribution in [2.45, 2.75) is 37.5 Å². The van der Waals surface area contributed by atoms with Crippen molar-refractivity contribution in [3.63, 3.8) is 0 Å².